The van der Waals surface area contributed by atoms with Gasteiger partial charge in [-0.1, -0.05) is 25.4 Å². The van der Waals surface area contributed by atoms with Crippen molar-refractivity contribution in [1.82, 2.24) is 9.88 Å². The van der Waals surface area contributed by atoms with Gasteiger partial charge in [-0.25, -0.2) is 0 Å². The lowest BCUT2D eigenvalue weighted by molar-refractivity contribution is -0.134. The zero-order valence-corrected chi connectivity index (χ0v) is 12.8. The molecule has 0 saturated carbocycles. The number of amides is 1. The summed E-state index contributed by atoms with van der Waals surface area (Å²) in [7, 11) is 0. The Morgan fingerprint density at radius 2 is 2.40 bits per heavy atom. The van der Waals surface area contributed by atoms with E-state index in [9.17, 15) is 4.79 Å². The molecule has 20 heavy (non-hydrogen) atoms. The van der Waals surface area contributed by atoms with Crippen molar-refractivity contribution in [2.45, 2.75) is 39.2 Å². The van der Waals surface area contributed by atoms with Crippen LogP contribution in [0.1, 0.15) is 33.1 Å². The molecular weight excluding hydrogens is 276 g/mol. The number of hydrogen-bond donors (Lipinski definition) is 0. The average molecular weight is 297 g/mol. The Hall–Kier alpha value is -1.29. The van der Waals surface area contributed by atoms with Gasteiger partial charge >= 0.3 is 0 Å². The van der Waals surface area contributed by atoms with Gasteiger partial charge in [-0.3, -0.25) is 9.78 Å². The van der Waals surface area contributed by atoms with Gasteiger partial charge < -0.3 is 9.64 Å². The summed E-state index contributed by atoms with van der Waals surface area (Å²) in [5.74, 6) is 1.25. The molecule has 1 amide bonds. The van der Waals surface area contributed by atoms with E-state index in [0.717, 1.165) is 19.4 Å². The predicted octanol–water partition coefficient (Wildman–Crippen LogP) is 3.15. The van der Waals surface area contributed by atoms with Crippen molar-refractivity contribution in [3.05, 3.63) is 23.5 Å². The number of nitrogens with zero attached hydrogens (tertiary/aromatic N) is 2. The standard InChI is InChI=1S/C15H21ClN2O2/c1-11(2)8-15(19)18-7-3-4-12(10-18)20-14-5-6-17-9-13(14)16/h5-6,9,11-12H,3-4,7-8,10H2,1-2H3. The van der Waals surface area contributed by atoms with Crippen LogP contribution in [-0.4, -0.2) is 35.0 Å². The minimum Gasteiger partial charge on any atom is -0.487 e. The molecule has 5 heteroatoms. The maximum absolute atomic E-state index is 12.1. The number of piperidine rings is 1. The van der Waals surface area contributed by atoms with Gasteiger partial charge in [0.05, 0.1) is 6.54 Å². The minimum atomic E-state index is 0.0137. The summed E-state index contributed by atoms with van der Waals surface area (Å²) in [4.78, 5) is 18.0. The maximum atomic E-state index is 12.1. The molecule has 1 fully saturated rings. The Labute approximate surface area is 125 Å². The lowest BCUT2D eigenvalue weighted by Crippen LogP contribution is -2.44. The number of pyridine rings is 1. The fourth-order valence-corrected chi connectivity index (χ4v) is 2.54. The first-order valence-electron chi connectivity index (χ1n) is 7.10. The number of aromatic nitrogens is 1. The third-order valence-corrected chi connectivity index (χ3v) is 3.63. The van der Waals surface area contributed by atoms with Crippen LogP contribution in [0.5, 0.6) is 5.75 Å². The molecule has 2 heterocycles. The molecule has 1 aromatic heterocycles. The molecule has 0 bridgehead atoms. The molecule has 1 unspecified atom stereocenters. The number of carbonyl (C=O) groups is 1. The Balaban J connectivity index is 1.94. The molecule has 2 rings (SSSR count). The van der Waals surface area contributed by atoms with E-state index in [1.165, 1.54) is 0 Å². The number of hydrogen-bond acceptors (Lipinski definition) is 3. The van der Waals surface area contributed by atoms with Crippen molar-refractivity contribution < 1.29 is 9.53 Å². The fourth-order valence-electron chi connectivity index (χ4n) is 2.38. The molecule has 110 valence electrons. The molecule has 0 aromatic carbocycles. The second-order valence-electron chi connectivity index (χ2n) is 5.63. The molecule has 0 aliphatic carbocycles. The zero-order valence-electron chi connectivity index (χ0n) is 12.0. The number of ether oxygens (including phenoxy) is 1. The van der Waals surface area contributed by atoms with Gasteiger partial charge in [0.2, 0.25) is 5.91 Å². The van der Waals surface area contributed by atoms with Crippen LogP contribution < -0.4 is 4.74 Å². The van der Waals surface area contributed by atoms with Gasteiger partial charge in [-0.05, 0) is 18.8 Å². The van der Waals surface area contributed by atoms with Gasteiger partial charge in [0, 0.05) is 31.4 Å². The van der Waals surface area contributed by atoms with Gasteiger partial charge in [-0.15, -0.1) is 0 Å². The Bertz CT molecular complexity index is 465. The van der Waals surface area contributed by atoms with E-state index in [-0.39, 0.29) is 12.0 Å². The number of rotatable bonds is 4. The normalized spacial score (nSPS) is 19.2. The van der Waals surface area contributed by atoms with Gasteiger partial charge in [0.1, 0.15) is 16.9 Å². The highest BCUT2D eigenvalue weighted by Crippen LogP contribution is 2.25. The lowest BCUT2D eigenvalue weighted by atomic mass is 10.1. The first kappa shape index (κ1) is 15.1. The fraction of sp³-hybridized carbons (Fsp3) is 0.600. The van der Waals surface area contributed by atoms with Crippen LogP contribution in [0.25, 0.3) is 0 Å². The van der Waals surface area contributed by atoms with Crippen LogP contribution in [0.2, 0.25) is 5.02 Å². The molecule has 1 saturated heterocycles. The Morgan fingerprint density at radius 1 is 1.60 bits per heavy atom. The van der Waals surface area contributed by atoms with E-state index in [0.29, 0.717) is 29.7 Å². The molecule has 1 atom stereocenters. The molecular formula is C15H21ClN2O2. The highest BCUT2D eigenvalue weighted by atomic mass is 35.5. The number of halogens is 1. The zero-order chi connectivity index (χ0) is 14.5. The molecule has 0 spiro atoms. The van der Waals surface area contributed by atoms with Crippen LogP contribution >= 0.6 is 11.6 Å². The van der Waals surface area contributed by atoms with E-state index >= 15 is 0 Å². The molecule has 1 aliphatic heterocycles. The van der Waals surface area contributed by atoms with Crippen molar-refractivity contribution in [2.24, 2.45) is 5.92 Å². The third-order valence-electron chi connectivity index (χ3n) is 3.34. The second-order valence-corrected chi connectivity index (χ2v) is 6.03. The van der Waals surface area contributed by atoms with Crippen LogP contribution in [0, 0.1) is 5.92 Å². The summed E-state index contributed by atoms with van der Waals surface area (Å²) < 4.78 is 5.91. The quantitative estimate of drug-likeness (QED) is 0.857. The van der Waals surface area contributed by atoms with Crippen molar-refractivity contribution >= 4 is 17.5 Å². The second kappa shape index (κ2) is 6.93. The van der Waals surface area contributed by atoms with Crippen LogP contribution in [-0.2, 0) is 4.79 Å². The monoisotopic (exact) mass is 296 g/mol. The van der Waals surface area contributed by atoms with Gasteiger partial charge in [0.15, 0.2) is 0 Å². The molecule has 1 aromatic rings. The first-order chi connectivity index (χ1) is 9.56. The largest absolute Gasteiger partial charge is 0.487 e. The molecule has 1 aliphatic rings. The van der Waals surface area contributed by atoms with Crippen molar-refractivity contribution in [2.75, 3.05) is 13.1 Å². The van der Waals surface area contributed by atoms with E-state index in [1.54, 1.807) is 18.5 Å². The summed E-state index contributed by atoms with van der Waals surface area (Å²) in [5, 5.41) is 0.512. The SMILES string of the molecule is CC(C)CC(=O)N1CCCC(Oc2ccncc2Cl)C1. The molecule has 4 nitrogen and oxygen atoms in total. The smallest absolute Gasteiger partial charge is 0.222 e. The Kier molecular flexibility index (Phi) is 5.24. The topological polar surface area (TPSA) is 42.4 Å². The van der Waals surface area contributed by atoms with E-state index in [2.05, 4.69) is 18.8 Å². The number of likely N-dealkylation sites (tertiary alicyclic amines) is 1. The van der Waals surface area contributed by atoms with E-state index < -0.39 is 0 Å². The Morgan fingerprint density at radius 3 is 3.10 bits per heavy atom. The summed E-state index contributed by atoms with van der Waals surface area (Å²) in [6.07, 6.45) is 5.76. The van der Waals surface area contributed by atoms with Crippen LogP contribution in [0.15, 0.2) is 18.5 Å². The van der Waals surface area contributed by atoms with E-state index in [4.69, 9.17) is 16.3 Å². The van der Waals surface area contributed by atoms with Gasteiger partial charge in [0.25, 0.3) is 0 Å². The highest BCUT2D eigenvalue weighted by Gasteiger charge is 2.25. The average Bonchev–Trinajstić information content (AvgIpc) is 2.41. The minimum absolute atomic E-state index is 0.0137. The lowest BCUT2D eigenvalue weighted by Gasteiger charge is -2.33. The summed E-state index contributed by atoms with van der Waals surface area (Å²) in [6.45, 7) is 5.60. The van der Waals surface area contributed by atoms with Crippen molar-refractivity contribution in [3.8, 4) is 5.75 Å². The van der Waals surface area contributed by atoms with Crippen LogP contribution in [0.4, 0.5) is 0 Å². The highest BCUT2D eigenvalue weighted by molar-refractivity contribution is 6.31. The first-order valence-corrected chi connectivity index (χ1v) is 7.48. The van der Waals surface area contributed by atoms with Crippen molar-refractivity contribution in [1.29, 1.82) is 0 Å². The van der Waals surface area contributed by atoms with Crippen LogP contribution in [0.3, 0.4) is 0 Å². The maximum Gasteiger partial charge on any atom is 0.222 e. The third kappa shape index (κ3) is 4.10. The summed E-state index contributed by atoms with van der Waals surface area (Å²) in [5.41, 5.74) is 0. The predicted molar refractivity (Wildman–Crippen MR) is 78.9 cm³/mol. The number of carbonyl (C=O) groups excluding carboxylic acids is 1. The summed E-state index contributed by atoms with van der Waals surface area (Å²) >= 11 is 6.04. The van der Waals surface area contributed by atoms with E-state index in [1.807, 2.05) is 4.90 Å². The van der Waals surface area contributed by atoms with Crippen molar-refractivity contribution in [3.63, 3.8) is 0 Å². The summed E-state index contributed by atoms with van der Waals surface area (Å²) in [6, 6.07) is 1.76. The molecule has 0 radical (unpaired) electrons. The molecule has 0 N–H and O–H groups in total. The van der Waals surface area contributed by atoms with Gasteiger partial charge in [-0.2, -0.15) is 0 Å².